The van der Waals surface area contributed by atoms with E-state index in [4.69, 9.17) is 0 Å². The first-order valence-corrected chi connectivity index (χ1v) is 6.10. The predicted molar refractivity (Wildman–Crippen MR) is 60.7 cm³/mol. The Balaban J connectivity index is 1.89. The first kappa shape index (κ1) is 12.5. The molecule has 0 aromatic carbocycles. The van der Waals surface area contributed by atoms with Gasteiger partial charge in [0.15, 0.2) is 0 Å². The minimum absolute atomic E-state index is 0.125. The molecule has 0 unspecified atom stereocenters. The van der Waals surface area contributed by atoms with E-state index in [0.29, 0.717) is 6.42 Å². The summed E-state index contributed by atoms with van der Waals surface area (Å²) in [7, 11) is 1.43. The summed E-state index contributed by atoms with van der Waals surface area (Å²) in [5, 5.41) is 3.30. The topological polar surface area (TPSA) is 38.3 Å². The Labute approximate surface area is 92.6 Å². The normalized spacial score (nSPS) is 17.7. The Hall–Kier alpha value is -0.570. The second-order valence-corrected chi connectivity index (χ2v) is 4.37. The van der Waals surface area contributed by atoms with Gasteiger partial charge in [-0.05, 0) is 18.9 Å². The summed E-state index contributed by atoms with van der Waals surface area (Å²) in [6.07, 6.45) is 8.80. The summed E-state index contributed by atoms with van der Waals surface area (Å²) in [4.78, 5) is 10.8. The summed E-state index contributed by atoms with van der Waals surface area (Å²) >= 11 is 0. The van der Waals surface area contributed by atoms with Gasteiger partial charge in [0.25, 0.3) is 0 Å². The Bertz CT molecular complexity index is 176. The lowest BCUT2D eigenvalue weighted by Crippen LogP contribution is -2.22. The van der Waals surface area contributed by atoms with E-state index >= 15 is 0 Å². The lowest BCUT2D eigenvalue weighted by molar-refractivity contribution is -0.140. The number of hydrogen-bond acceptors (Lipinski definition) is 3. The molecular weight excluding hydrogens is 190 g/mol. The smallest absolute Gasteiger partial charge is 0.306 e. The van der Waals surface area contributed by atoms with Crippen LogP contribution in [0.3, 0.4) is 0 Å². The van der Waals surface area contributed by atoms with Gasteiger partial charge in [0.1, 0.15) is 0 Å². The molecule has 88 valence electrons. The van der Waals surface area contributed by atoms with Crippen molar-refractivity contribution in [2.45, 2.75) is 44.9 Å². The maximum absolute atomic E-state index is 10.8. The van der Waals surface area contributed by atoms with Gasteiger partial charge in [0.2, 0.25) is 0 Å². The molecule has 0 aromatic heterocycles. The van der Waals surface area contributed by atoms with Crippen molar-refractivity contribution in [3.05, 3.63) is 0 Å². The van der Waals surface area contributed by atoms with Crippen LogP contribution in [0.4, 0.5) is 0 Å². The van der Waals surface area contributed by atoms with E-state index in [1.807, 2.05) is 0 Å². The van der Waals surface area contributed by atoms with Crippen LogP contribution in [0.15, 0.2) is 0 Å². The van der Waals surface area contributed by atoms with Crippen LogP contribution in [0.1, 0.15) is 44.9 Å². The van der Waals surface area contributed by atoms with Crippen molar-refractivity contribution < 1.29 is 9.53 Å². The minimum atomic E-state index is -0.125. The highest BCUT2D eigenvalue weighted by Gasteiger charge is 2.12. The van der Waals surface area contributed by atoms with Gasteiger partial charge >= 0.3 is 5.97 Å². The molecule has 3 nitrogen and oxygen atoms in total. The molecule has 0 heterocycles. The first-order valence-electron chi connectivity index (χ1n) is 6.10. The fourth-order valence-electron chi connectivity index (χ4n) is 2.20. The monoisotopic (exact) mass is 213 g/mol. The maximum atomic E-state index is 10.8. The first-order chi connectivity index (χ1) is 7.33. The second-order valence-electron chi connectivity index (χ2n) is 4.37. The van der Waals surface area contributed by atoms with Crippen LogP contribution in [0, 0.1) is 5.92 Å². The van der Waals surface area contributed by atoms with Crippen LogP contribution >= 0.6 is 0 Å². The predicted octanol–water partition coefficient (Wildman–Crippen LogP) is 2.11. The van der Waals surface area contributed by atoms with Crippen molar-refractivity contribution in [1.29, 1.82) is 0 Å². The highest BCUT2D eigenvalue weighted by atomic mass is 16.5. The molecule has 1 N–H and O–H groups in total. The fourth-order valence-corrected chi connectivity index (χ4v) is 2.20. The van der Waals surface area contributed by atoms with E-state index in [2.05, 4.69) is 10.1 Å². The Morgan fingerprint density at radius 3 is 2.67 bits per heavy atom. The molecule has 0 amide bonds. The average molecular weight is 213 g/mol. The van der Waals surface area contributed by atoms with Crippen LogP contribution in [-0.2, 0) is 9.53 Å². The molecule has 0 aliphatic heterocycles. The Kier molecular flexibility index (Phi) is 6.41. The number of hydrogen-bond donors (Lipinski definition) is 1. The van der Waals surface area contributed by atoms with Gasteiger partial charge in [-0.25, -0.2) is 0 Å². The lowest BCUT2D eigenvalue weighted by atomic mass is 9.87. The molecule has 1 aliphatic carbocycles. The summed E-state index contributed by atoms with van der Waals surface area (Å²) in [5.41, 5.74) is 0. The zero-order chi connectivity index (χ0) is 10.9. The highest BCUT2D eigenvalue weighted by Crippen LogP contribution is 2.25. The van der Waals surface area contributed by atoms with Crippen molar-refractivity contribution in [2.24, 2.45) is 5.92 Å². The quantitative estimate of drug-likeness (QED) is 0.542. The third-order valence-corrected chi connectivity index (χ3v) is 3.19. The fraction of sp³-hybridized carbons (Fsp3) is 0.917. The summed E-state index contributed by atoms with van der Waals surface area (Å²) in [6.45, 7) is 1.79. The average Bonchev–Trinajstić information content (AvgIpc) is 2.29. The maximum Gasteiger partial charge on any atom is 0.306 e. The molecule has 0 radical (unpaired) electrons. The van der Waals surface area contributed by atoms with Gasteiger partial charge in [-0.1, -0.05) is 32.1 Å². The molecule has 3 heteroatoms. The number of carbonyl (C=O) groups excluding carboxylic acids is 1. The minimum Gasteiger partial charge on any atom is -0.469 e. The number of ether oxygens (including phenoxy) is 1. The molecule has 1 aliphatic rings. The third-order valence-electron chi connectivity index (χ3n) is 3.19. The summed E-state index contributed by atoms with van der Waals surface area (Å²) in [6, 6.07) is 0. The molecule has 1 saturated carbocycles. The number of rotatable bonds is 6. The van der Waals surface area contributed by atoms with E-state index in [9.17, 15) is 4.79 Å². The van der Waals surface area contributed by atoms with Crippen molar-refractivity contribution in [1.82, 2.24) is 5.32 Å². The summed E-state index contributed by atoms with van der Waals surface area (Å²) < 4.78 is 4.57. The zero-order valence-corrected chi connectivity index (χ0v) is 9.76. The standard InChI is InChI=1S/C12H23NO2/c1-15-12(14)8-10-13-9-7-11-5-3-2-4-6-11/h11,13H,2-10H2,1H3. The van der Waals surface area contributed by atoms with Crippen LogP contribution in [0.5, 0.6) is 0 Å². The van der Waals surface area contributed by atoms with E-state index in [0.717, 1.165) is 19.0 Å². The number of nitrogens with one attached hydrogen (secondary N) is 1. The van der Waals surface area contributed by atoms with Crippen LogP contribution < -0.4 is 5.32 Å². The SMILES string of the molecule is COC(=O)CCNCCC1CCCCC1. The molecule has 15 heavy (non-hydrogen) atoms. The molecule has 0 atom stereocenters. The van der Waals surface area contributed by atoms with Gasteiger partial charge < -0.3 is 10.1 Å². The van der Waals surface area contributed by atoms with Crippen LogP contribution in [0.25, 0.3) is 0 Å². The number of carbonyl (C=O) groups is 1. The van der Waals surface area contributed by atoms with Gasteiger partial charge in [0, 0.05) is 6.54 Å². The second kappa shape index (κ2) is 7.69. The van der Waals surface area contributed by atoms with E-state index < -0.39 is 0 Å². The summed E-state index contributed by atoms with van der Waals surface area (Å²) in [5.74, 6) is 0.796. The number of esters is 1. The zero-order valence-electron chi connectivity index (χ0n) is 9.76. The molecule has 0 saturated heterocycles. The van der Waals surface area contributed by atoms with Crippen molar-refractivity contribution in [2.75, 3.05) is 20.2 Å². The van der Waals surface area contributed by atoms with E-state index in [1.165, 1.54) is 45.6 Å². The largest absolute Gasteiger partial charge is 0.469 e. The number of methoxy groups -OCH3 is 1. The van der Waals surface area contributed by atoms with Crippen molar-refractivity contribution >= 4 is 5.97 Å². The van der Waals surface area contributed by atoms with Crippen molar-refractivity contribution in [3.63, 3.8) is 0 Å². The van der Waals surface area contributed by atoms with Crippen LogP contribution in [-0.4, -0.2) is 26.2 Å². The van der Waals surface area contributed by atoms with E-state index in [1.54, 1.807) is 0 Å². The van der Waals surface area contributed by atoms with Crippen LogP contribution in [0.2, 0.25) is 0 Å². The molecule has 1 fully saturated rings. The van der Waals surface area contributed by atoms with Gasteiger partial charge in [-0.3, -0.25) is 4.79 Å². The van der Waals surface area contributed by atoms with Gasteiger partial charge in [0.05, 0.1) is 13.5 Å². The van der Waals surface area contributed by atoms with Crippen molar-refractivity contribution in [3.8, 4) is 0 Å². The third kappa shape index (κ3) is 5.78. The lowest BCUT2D eigenvalue weighted by Gasteiger charge is -2.21. The Morgan fingerprint density at radius 1 is 1.27 bits per heavy atom. The highest BCUT2D eigenvalue weighted by molar-refractivity contribution is 5.69. The van der Waals surface area contributed by atoms with Gasteiger partial charge in [-0.15, -0.1) is 0 Å². The molecule has 1 rings (SSSR count). The molecule has 0 bridgehead atoms. The Morgan fingerprint density at radius 2 is 2.00 bits per heavy atom. The molecule has 0 aromatic rings. The van der Waals surface area contributed by atoms with Gasteiger partial charge in [-0.2, -0.15) is 0 Å². The molecular formula is C12H23NO2. The molecule has 0 spiro atoms. The van der Waals surface area contributed by atoms with E-state index in [-0.39, 0.29) is 5.97 Å².